The number of H-pyrrole nitrogens is 1. The highest BCUT2D eigenvalue weighted by atomic mass is 16.1. The van der Waals surface area contributed by atoms with E-state index in [1.54, 1.807) is 0 Å². The SMILES string of the molecule is O=C1CCC(Cc2ccc[nH]2)=N1. The molecule has 0 bridgehead atoms. The number of carbonyl (C=O) groups excluding carboxylic acids is 1. The number of hydrogen-bond donors (Lipinski definition) is 1. The normalized spacial score (nSPS) is 16.7. The van der Waals surface area contributed by atoms with Crippen molar-refractivity contribution in [1.82, 2.24) is 4.98 Å². The zero-order valence-corrected chi connectivity index (χ0v) is 6.71. The molecule has 12 heavy (non-hydrogen) atoms. The van der Waals surface area contributed by atoms with Gasteiger partial charge >= 0.3 is 0 Å². The van der Waals surface area contributed by atoms with Crippen LogP contribution in [0.4, 0.5) is 0 Å². The summed E-state index contributed by atoms with van der Waals surface area (Å²) in [5, 5.41) is 0. The van der Waals surface area contributed by atoms with Crippen molar-refractivity contribution in [2.24, 2.45) is 4.99 Å². The van der Waals surface area contributed by atoms with Crippen molar-refractivity contribution < 1.29 is 4.79 Å². The van der Waals surface area contributed by atoms with Crippen LogP contribution in [0.25, 0.3) is 0 Å². The Morgan fingerprint density at radius 3 is 3.00 bits per heavy atom. The monoisotopic (exact) mass is 162 g/mol. The smallest absolute Gasteiger partial charge is 0.245 e. The summed E-state index contributed by atoms with van der Waals surface area (Å²) in [7, 11) is 0. The van der Waals surface area contributed by atoms with E-state index < -0.39 is 0 Å². The Kier molecular flexibility index (Phi) is 1.78. The number of aromatic nitrogens is 1. The fraction of sp³-hybridized carbons (Fsp3) is 0.333. The van der Waals surface area contributed by atoms with Crippen LogP contribution in [-0.4, -0.2) is 16.6 Å². The second kappa shape index (κ2) is 2.93. The molecule has 0 fully saturated rings. The van der Waals surface area contributed by atoms with Crippen molar-refractivity contribution in [2.75, 3.05) is 0 Å². The van der Waals surface area contributed by atoms with Gasteiger partial charge in [0.05, 0.1) is 0 Å². The van der Waals surface area contributed by atoms with Crippen LogP contribution in [0.15, 0.2) is 23.3 Å². The maximum absolute atomic E-state index is 10.8. The first-order chi connectivity index (χ1) is 5.84. The van der Waals surface area contributed by atoms with Crippen molar-refractivity contribution in [3.63, 3.8) is 0 Å². The van der Waals surface area contributed by atoms with Gasteiger partial charge in [0.2, 0.25) is 5.91 Å². The van der Waals surface area contributed by atoms with E-state index in [9.17, 15) is 4.79 Å². The molecule has 2 rings (SSSR count). The van der Waals surface area contributed by atoms with E-state index in [0.29, 0.717) is 6.42 Å². The Balaban J connectivity index is 2.05. The zero-order valence-electron chi connectivity index (χ0n) is 6.71. The summed E-state index contributed by atoms with van der Waals surface area (Å²) in [6, 6.07) is 3.96. The molecule has 1 aliphatic rings. The van der Waals surface area contributed by atoms with Crippen LogP contribution in [-0.2, 0) is 11.2 Å². The summed E-state index contributed by atoms with van der Waals surface area (Å²) in [4.78, 5) is 17.8. The van der Waals surface area contributed by atoms with E-state index in [1.807, 2.05) is 18.3 Å². The number of amides is 1. The predicted octanol–water partition coefficient (Wildman–Crippen LogP) is 1.32. The number of hydrogen-bond acceptors (Lipinski definition) is 1. The number of aromatic amines is 1. The summed E-state index contributed by atoms with van der Waals surface area (Å²) in [6.07, 6.45) is 4.10. The molecule has 0 aliphatic carbocycles. The summed E-state index contributed by atoms with van der Waals surface area (Å²) < 4.78 is 0. The molecule has 2 heterocycles. The fourth-order valence-corrected chi connectivity index (χ4v) is 1.36. The van der Waals surface area contributed by atoms with Crippen molar-refractivity contribution in [3.05, 3.63) is 24.0 Å². The minimum Gasteiger partial charge on any atom is -0.365 e. The maximum Gasteiger partial charge on any atom is 0.245 e. The van der Waals surface area contributed by atoms with Gasteiger partial charge in [0.25, 0.3) is 0 Å². The lowest BCUT2D eigenvalue weighted by Crippen LogP contribution is -1.98. The van der Waals surface area contributed by atoms with Crippen LogP contribution in [0.2, 0.25) is 0 Å². The standard InChI is InChI=1S/C9H10N2O/c12-9-4-3-8(11-9)6-7-2-1-5-10-7/h1-2,5,10H,3-4,6H2. The van der Waals surface area contributed by atoms with Crippen LogP contribution >= 0.6 is 0 Å². The molecule has 0 saturated carbocycles. The van der Waals surface area contributed by atoms with Crippen LogP contribution in [0.1, 0.15) is 18.5 Å². The second-order valence-electron chi connectivity index (χ2n) is 2.94. The van der Waals surface area contributed by atoms with Crippen LogP contribution in [0.3, 0.4) is 0 Å². The average Bonchev–Trinajstić information content (AvgIpc) is 2.63. The molecule has 1 aromatic heterocycles. The van der Waals surface area contributed by atoms with Gasteiger partial charge in [-0.25, -0.2) is 4.99 Å². The molecule has 1 N–H and O–H groups in total. The summed E-state index contributed by atoms with van der Waals surface area (Å²) >= 11 is 0. The lowest BCUT2D eigenvalue weighted by atomic mass is 10.1. The van der Waals surface area contributed by atoms with E-state index in [-0.39, 0.29) is 5.91 Å². The topological polar surface area (TPSA) is 45.2 Å². The molecule has 3 heteroatoms. The van der Waals surface area contributed by atoms with E-state index in [4.69, 9.17) is 0 Å². The average molecular weight is 162 g/mol. The third-order valence-electron chi connectivity index (χ3n) is 1.97. The Morgan fingerprint density at radius 1 is 1.50 bits per heavy atom. The summed E-state index contributed by atoms with van der Waals surface area (Å²) in [5.41, 5.74) is 2.13. The van der Waals surface area contributed by atoms with Gasteiger partial charge in [0.15, 0.2) is 0 Å². The van der Waals surface area contributed by atoms with Crippen LogP contribution < -0.4 is 0 Å². The van der Waals surface area contributed by atoms with Crippen molar-refractivity contribution in [1.29, 1.82) is 0 Å². The Bertz CT molecular complexity index is 311. The van der Waals surface area contributed by atoms with Crippen molar-refractivity contribution in [2.45, 2.75) is 19.3 Å². The van der Waals surface area contributed by atoms with Gasteiger partial charge in [-0.15, -0.1) is 0 Å². The molecule has 0 unspecified atom stereocenters. The van der Waals surface area contributed by atoms with E-state index in [1.165, 1.54) is 0 Å². The highest BCUT2D eigenvalue weighted by Crippen LogP contribution is 2.09. The number of nitrogens with zero attached hydrogens (tertiary/aromatic N) is 1. The summed E-state index contributed by atoms with van der Waals surface area (Å²) in [5.74, 6) is 0.0246. The Morgan fingerprint density at radius 2 is 2.42 bits per heavy atom. The molecule has 3 nitrogen and oxygen atoms in total. The molecule has 0 radical (unpaired) electrons. The number of aliphatic imine (C=N–C) groups is 1. The fourth-order valence-electron chi connectivity index (χ4n) is 1.36. The highest BCUT2D eigenvalue weighted by molar-refractivity contribution is 6.02. The zero-order chi connectivity index (χ0) is 8.39. The molecular weight excluding hydrogens is 152 g/mol. The Labute approximate surface area is 70.5 Å². The van der Waals surface area contributed by atoms with Gasteiger partial charge in [-0.05, 0) is 18.6 Å². The Hall–Kier alpha value is -1.38. The lowest BCUT2D eigenvalue weighted by molar-refractivity contribution is -0.117. The first-order valence-electron chi connectivity index (χ1n) is 4.06. The van der Waals surface area contributed by atoms with E-state index >= 15 is 0 Å². The predicted molar refractivity (Wildman–Crippen MR) is 46.2 cm³/mol. The van der Waals surface area contributed by atoms with Crippen molar-refractivity contribution >= 4 is 11.6 Å². The minimum atomic E-state index is 0.0246. The molecule has 0 spiro atoms. The number of carbonyl (C=O) groups is 1. The molecule has 62 valence electrons. The third-order valence-corrected chi connectivity index (χ3v) is 1.97. The third kappa shape index (κ3) is 1.44. The molecule has 1 amide bonds. The first kappa shape index (κ1) is 7.28. The van der Waals surface area contributed by atoms with E-state index in [2.05, 4.69) is 9.98 Å². The van der Waals surface area contributed by atoms with Gasteiger partial charge in [0, 0.05) is 30.4 Å². The quantitative estimate of drug-likeness (QED) is 0.700. The van der Waals surface area contributed by atoms with Gasteiger partial charge in [-0.3, -0.25) is 4.79 Å². The van der Waals surface area contributed by atoms with Gasteiger partial charge < -0.3 is 4.98 Å². The maximum atomic E-state index is 10.8. The van der Waals surface area contributed by atoms with Crippen LogP contribution in [0, 0.1) is 0 Å². The second-order valence-corrected chi connectivity index (χ2v) is 2.94. The molecule has 0 aromatic carbocycles. The summed E-state index contributed by atoms with van der Waals surface area (Å²) in [6.45, 7) is 0. The largest absolute Gasteiger partial charge is 0.365 e. The molecule has 0 saturated heterocycles. The van der Waals surface area contributed by atoms with Gasteiger partial charge in [-0.1, -0.05) is 0 Å². The van der Waals surface area contributed by atoms with E-state index in [0.717, 1.165) is 24.2 Å². The van der Waals surface area contributed by atoms with Crippen molar-refractivity contribution in [3.8, 4) is 0 Å². The first-order valence-corrected chi connectivity index (χ1v) is 4.06. The highest BCUT2D eigenvalue weighted by Gasteiger charge is 2.13. The van der Waals surface area contributed by atoms with Gasteiger partial charge in [-0.2, -0.15) is 0 Å². The molecule has 1 aliphatic heterocycles. The molecule has 1 aromatic rings. The lowest BCUT2D eigenvalue weighted by Gasteiger charge is -1.94. The minimum absolute atomic E-state index is 0.0246. The number of rotatable bonds is 2. The molecular formula is C9H10N2O. The van der Waals surface area contributed by atoms with Crippen LogP contribution in [0.5, 0.6) is 0 Å². The van der Waals surface area contributed by atoms with Gasteiger partial charge in [0.1, 0.15) is 0 Å². The molecule has 0 atom stereocenters. The number of nitrogens with one attached hydrogen (secondary N) is 1.